The van der Waals surface area contributed by atoms with Crippen LogP contribution in [0, 0.1) is 11.8 Å². The van der Waals surface area contributed by atoms with Crippen molar-refractivity contribution >= 4 is 16.5 Å². The molecule has 10 heteroatoms. The Morgan fingerprint density at radius 2 is 1.06 bits per heavy atom. The summed E-state index contributed by atoms with van der Waals surface area (Å²) in [7, 11) is -5.27. The summed E-state index contributed by atoms with van der Waals surface area (Å²) in [5.74, 6) is 0.561. The zero-order valence-corrected chi connectivity index (χ0v) is 17.7. The SMILES string of the molecule is CC(C)CO[P+](=O)[O-].CC(C)CO[P+](=O)[O-].[Na+].[Na+]. The molecule has 0 aliphatic rings. The fourth-order valence-corrected chi connectivity index (χ4v) is 1.26. The standard InChI is InChI=1S/2C4H9O3P.2Na/c2*1-4(2)3-7-8(5)6;;/h2*4H,3H2,1-2H3;;/q;;2*+1. The Morgan fingerprint density at radius 1 is 0.833 bits per heavy atom. The van der Waals surface area contributed by atoms with Crippen molar-refractivity contribution in [2.45, 2.75) is 27.7 Å². The molecule has 0 fully saturated rings. The van der Waals surface area contributed by atoms with Gasteiger partial charge < -0.3 is 9.79 Å². The maximum absolute atomic E-state index is 9.72. The molecule has 0 N–H and O–H groups in total. The molecule has 6 nitrogen and oxygen atoms in total. The Bertz CT molecular complexity index is 194. The molecule has 0 heterocycles. The Kier molecular flexibility index (Phi) is 29.9. The van der Waals surface area contributed by atoms with Crippen LogP contribution in [-0.2, 0) is 18.2 Å². The maximum atomic E-state index is 9.72. The van der Waals surface area contributed by atoms with Gasteiger partial charge in [-0.2, -0.15) is 0 Å². The van der Waals surface area contributed by atoms with Crippen LogP contribution in [0.25, 0.3) is 0 Å². The summed E-state index contributed by atoms with van der Waals surface area (Å²) >= 11 is 0. The van der Waals surface area contributed by atoms with Crippen molar-refractivity contribution < 1.29 is 87.1 Å². The van der Waals surface area contributed by atoms with Crippen LogP contribution in [0.2, 0.25) is 0 Å². The molecular weight excluding hydrogens is 300 g/mol. The average molecular weight is 318 g/mol. The molecule has 2 atom stereocenters. The van der Waals surface area contributed by atoms with Gasteiger partial charge in [0.25, 0.3) is 0 Å². The smallest absolute Gasteiger partial charge is 0.566 e. The summed E-state index contributed by atoms with van der Waals surface area (Å²) in [5, 5.41) is 0. The van der Waals surface area contributed by atoms with Gasteiger partial charge in [-0.1, -0.05) is 27.7 Å². The molecule has 0 aromatic heterocycles. The van der Waals surface area contributed by atoms with Crippen LogP contribution in [-0.4, -0.2) is 13.2 Å². The largest absolute Gasteiger partial charge is 1.00 e. The van der Waals surface area contributed by atoms with Gasteiger partial charge >= 0.3 is 75.6 Å². The molecule has 0 saturated heterocycles. The molecule has 96 valence electrons. The van der Waals surface area contributed by atoms with Gasteiger partial charge in [-0.05, 0) is 21.0 Å². The fraction of sp³-hybridized carbons (Fsp3) is 1.00. The van der Waals surface area contributed by atoms with E-state index >= 15 is 0 Å². The van der Waals surface area contributed by atoms with Crippen molar-refractivity contribution in [3.05, 3.63) is 0 Å². The van der Waals surface area contributed by atoms with E-state index in [2.05, 4.69) is 9.05 Å². The zero-order valence-electron chi connectivity index (χ0n) is 11.9. The third-order valence-electron chi connectivity index (χ3n) is 1.03. The van der Waals surface area contributed by atoms with Gasteiger partial charge in [0.05, 0.1) is 0 Å². The number of hydrogen-bond donors (Lipinski definition) is 0. The van der Waals surface area contributed by atoms with Crippen LogP contribution >= 0.6 is 16.5 Å². The molecule has 0 bridgehead atoms. The first kappa shape index (κ1) is 28.2. The third kappa shape index (κ3) is 36.1. The molecule has 0 aromatic rings. The van der Waals surface area contributed by atoms with E-state index in [-0.39, 0.29) is 71.0 Å². The molecule has 18 heavy (non-hydrogen) atoms. The molecule has 0 spiro atoms. The zero-order chi connectivity index (χ0) is 13.1. The summed E-state index contributed by atoms with van der Waals surface area (Å²) in [5.41, 5.74) is 0. The molecule has 0 aliphatic heterocycles. The van der Waals surface area contributed by atoms with Crippen molar-refractivity contribution in [2.24, 2.45) is 11.8 Å². The van der Waals surface area contributed by atoms with Gasteiger partial charge in [0.1, 0.15) is 13.2 Å². The monoisotopic (exact) mass is 318 g/mol. The molecule has 0 radical (unpaired) electrons. The predicted molar refractivity (Wildman–Crippen MR) is 56.8 cm³/mol. The van der Waals surface area contributed by atoms with Crippen LogP contribution in [0.4, 0.5) is 0 Å². The van der Waals surface area contributed by atoms with Gasteiger partial charge in [0.2, 0.25) is 0 Å². The summed E-state index contributed by atoms with van der Waals surface area (Å²) in [6.45, 7) is 8.13. The van der Waals surface area contributed by atoms with Crippen LogP contribution in [0.3, 0.4) is 0 Å². The normalized spacial score (nSPS) is 10.9. The minimum Gasteiger partial charge on any atom is -0.566 e. The molecule has 0 aliphatic carbocycles. The molecule has 0 aromatic carbocycles. The van der Waals surface area contributed by atoms with E-state index < -0.39 is 16.5 Å². The van der Waals surface area contributed by atoms with E-state index in [9.17, 15) is 18.9 Å². The number of rotatable bonds is 6. The summed E-state index contributed by atoms with van der Waals surface area (Å²) in [6.07, 6.45) is 0. The fourth-order valence-electron chi connectivity index (χ4n) is 0.420. The van der Waals surface area contributed by atoms with Gasteiger partial charge in [0, 0.05) is 0 Å². The first-order valence-corrected chi connectivity index (χ1v) is 6.99. The van der Waals surface area contributed by atoms with E-state index in [0.29, 0.717) is 13.2 Å². The molecule has 2 unspecified atom stereocenters. The van der Waals surface area contributed by atoms with Crippen molar-refractivity contribution in [3.8, 4) is 0 Å². The topological polar surface area (TPSA) is 98.7 Å². The Balaban J connectivity index is -0.0000000980. The van der Waals surface area contributed by atoms with Gasteiger partial charge in [0.15, 0.2) is 0 Å². The first-order valence-electron chi connectivity index (χ1n) is 4.80. The second-order valence-corrected chi connectivity index (χ2v) is 5.24. The summed E-state index contributed by atoms with van der Waals surface area (Å²) in [6, 6.07) is 0. The third-order valence-corrected chi connectivity index (χ3v) is 1.75. The van der Waals surface area contributed by atoms with E-state index in [4.69, 9.17) is 0 Å². The summed E-state index contributed by atoms with van der Waals surface area (Å²) < 4.78 is 28.0. The van der Waals surface area contributed by atoms with E-state index in [1.807, 2.05) is 27.7 Å². The Hall–Kier alpha value is 2.04. The quantitative estimate of drug-likeness (QED) is 0.361. The Labute approximate surface area is 155 Å². The first-order chi connectivity index (χ1) is 7.25. The van der Waals surface area contributed by atoms with E-state index in [1.165, 1.54) is 0 Å². The van der Waals surface area contributed by atoms with E-state index in [0.717, 1.165) is 0 Å². The van der Waals surface area contributed by atoms with Crippen molar-refractivity contribution in [2.75, 3.05) is 13.2 Å². The van der Waals surface area contributed by atoms with Gasteiger partial charge in [-0.25, -0.2) is 0 Å². The van der Waals surface area contributed by atoms with Gasteiger partial charge in [-0.15, -0.1) is 9.05 Å². The van der Waals surface area contributed by atoms with Crippen LogP contribution in [0.15, 0.2) is 0 Å². The average Bonchev–Trinajstić information content (AvgIpc) is 2.12. The summed E-state index contributed by atoms with van der Waals surface area (Å²) in [4.78, 5) is 19.4. The van der Waals surface area contributed by atoms with Crippen LogP contribution in [0.5, 0.6) is 0 Å². The van der Waals surface area contributed by atoms with Crippen molar-refractivity contribution in [1.82, 2.24) is 0 Å². The molecule has 0 amide bonds. The minimum atomic E-state index is -2.63. The van der Waals surface area contributed by atoms with Crippen molar-refractivity contribution in [3.63, 3.8) is 0 Å². The molecule has 0 rings (SSSR count). The molecule has 0 saturated carbocycles. The van der Waals surface area contributed by atoms with Gasteiger partial charge in [-0.3, -0.25) is 0 Å². The second-order valence-electron chi connectivity index (χ2n) is 3.83. The predicted octanol–water partition coefficient (Wildman–Crippen LogP) is -4.64. The van der Waals surface area contributed by atoms with Crippen LogP contribution < -0.4 is 68.9 Å². The van der Waals surface area contributed by atoms with Crippen molar-refractivity contribution in [1.29, 1.82) is 0 Å². The minimum absolute atomic E-state index is 0. The van der Waals surface area contributed by atoms with E-state index in [1.54, 1.807) is 0 Å². The molecular formula is C8H18Na2O6P2+2. The maximum Gasteiger partial charge on any atom is 1.00 e. The second kappa shape index (κ2) is 19.0. The van der Waals surface area contributed by atoms with Crippen LogP contribution in [0.1, 0.15) is 27.7 Å². The number of hydrogen-bond acceptors (Lipinski definition) is 6. The Morgan fingerprint density at radius 3 is 1.11 bits per heavy atom.